The van der Waals surface area contributed by atoms with Gasteiger partial charge in [-0.1, -0.05) is 36.4 Å². The van der Waals surface area contributed by atoms with Gasteiger partial charge in [-0.3, -0.25) is 4.79 Å². The molecule has 2 aromatic carbocycles. The van der Waals surface area contributed by atoms with Crippen molar-refractivity contribution < 1.29 is 4.79 Å². The zero-order chi connectivity index (χ0) is 19.1. The van der Waals surface area contributed by atoms with Gasteiger partial charge in [0.05, 0.1) is 16.6 Å². The maximum absolute atomic E-state index is 11.0. The number of fused-ring (bicyclic) bond motifs is 2. The summed E-state index contributed by atoms with van der Waals surface area (Å²) in [7, 11) is 6.11. The number of rotatable bonds is 3. The molecule has 1 N–H and O–H groups in total. The smallest absolute Gasteiger partial charge is 0.150 e. The molecule has 0 saturated heterocycles. The molecule has 1 heterocycles. The predicted molar refractivity (Wildman–Crippen MR) is 111 cm³/mol. The number of hydrogen-bond acceptors (Lipinski definition) is 3. The van der Waals surface area contributed by atoms with Crippen LogP contribution in [0, 0.1) is 5.41 Å². The lowest BCUT2D eigenvalue weighted by Crippen LogP contribution is -2.11. The molecule has 0 saturated carbocycles. The van der Waals surface area contributed by atoms with Crippen molar-refractivity contribution in [1.29, 1.82) is 5.41 Å². The van der Waals surface area contributed by atoms with Gasteiger partial charge in [-0.25, -0.2) is 0 Å². The van der Waals surface area contributed by atoms with Crippen molar-refractivity contribution in [1.82, 2.24) is 4.57 Å². The van der Waals surface area contributed by atoms with Gasteiger partial charge in [0.25, 0.3) is 0 Å². The largest absolute Gasteiger partial charge is 0.378 e. The number of carbonyl (C=O) groups excluding carboxylic acids is 1. The molecule has 134 valence electrons. The lowest BCUT2D eigenvalue weighted by Gasteiger charge is -2.23. The molecule has 0 spiro atoms. The third-order valence-electron chi connectivity index (χ3n) is 5.09. The minimum absolute atomic E-state index is 0.489. The summed E-state index contributed by atoms with van der Waals surface area (Å²) < 4.78 is 2.15. The van der Waals surface area contributed by atoms with E-state index in [1.165, 1.54) is 0 Å². The molecule has 0 aromatic heterocycles. The minimum atomic E-state index is 0.489. The Hall–Kier alpha value is -3.40. The van der Waals surface area contributed by atoms with E-state index in [1.54, 1.807) is 0 Å². The SMILES string of the molecule is CN(C)c1ccc2c(-c3ccc(C=O)cc3)c3ccc(=N)cc-3n(C)c2c1. The van der Waals surface area contributed by atoms with Crippen LogP contribution in [0.2, 0.25) is 0 Å². The number of pyridine rings is 1. The number of hydrogen-bond donors (Lipinski definition) is 1. The van der Waals surface area contributed by atoms with Gasteiger partial charge in [0.2, 0.25) is 0 Å². The molecule has 0 bridgehead atoms. The van der Waals surface area contributed by atoms with Crippen LogP contribution in [0.4, 0.5) is 5.69 Å². The number of aromatic nitrogens is 1. The quantitative estimate of drug-likeness (QED) is 0.440. The molecule has 0 fully saturated rings. The monoisotopic (exact) mass is 355 g/mol. The van der Waals surface area contributed by atoms with Crippen LogP contribution < -0.4 is 10.3 Å². The van der Waals surface area contributed by atoms with E-state index >= 15 is 0 Å². The summed E-state index contributed by atoms with van der Waals surface area (Å²) >= 11 is 0. The predicted octanol–water partition coefficient (Wildman–Crippen LogP) is 4.31. The van der Waals surface area contributed by atoms with Crippen molar-refractivity contribution in [2.45, 2.75) is 0 Å². The number of anilines is 1. The summed E-state index contributed by atoms with van der Waals surface area (Å²) in [4.78, 5) is 13.1. The molecule has 1 aliphatic heterocycles. The van der Waals surface area contributed by atoms with Gasteiger partial charge in [-0.15, -0.1) is 0 Å². The summed E-state index contributed by atoms with van der Waals surface area (Å²) in [6, 6.07) is 19.9. The first-order valence-corrected chi connectivity index (χ1v) is 8.83. The van der Waals surface area contributed by atoms with E-state index in [1.807, 2.05) is 63.6 Å². The Bertz CT molecular complexity index is 1190. The topological polar surface area (TPSA) is 49.1 Å². The normalized spacial score (nSPS) is 11.1. The van der Waals surface area contributed by atoms with Gasteiger partial charge >= 0.3 is 0 Å². The molecular formula is C23H21N3O. The van der Waals surface area contributed by atoms with E-state index in [2.05, 4.69) is 27.7 Å². The third kappa shape index (κ3) is 2.79. The Morgan fingerprint density at radius 2 is 1.70 bits per heavy atom. The number of nitrogens with one attached hydrogen (secondary N) is 1. The first-order valence-electron chi connectivity index (χ1n) is 8.83. The lowest BCUT2D eigenvalue weighted by molar-refractivity contribution is 0.112. The van der Waals surface area contributed by atoms with Gasteiger partial charge in [0, 0.05) is 48.9 Å². The highest BCUT2D eigenvalue weighted by molar-refractivity contribution is 6.04. The third-order valence-corrected chi connectivity index (χ3v) is 5.09. The molecule has 0 radical (unpaired) electrons. The summed E-state index contributed by atoms with van der Waals surface area (Å²) in [5, 5.41) is 9.69. The first kappa shape index (κ1) is 17.0. The summed E-state index contributed by atoms with van der Waals surface area (Å²) in [5.74, 6) is 0. The highest BCUT2D eigenvalue weighted by Crippen LogP contribution is 2.40. The summed E-state index contributed by atoms with van der Waals surface area (Å²) in [5.41, 5.74) is 7.19. The molecule has 4 heteroatoms. The molecule has 4 nitrogen and oxygen atoms in total. The number of nitrogens with zero attached hydrogens (tertiary/aromatic N) is 2. The van der Waals surface area contributed by atoms with Crippen LogP contribution in [0.25, 0.3) is 33.3 Å². The fourth-order valence-electron chi connectivity index (χ4n) is 3.62. The molecule has 2 aromatic rings. The van der Waals surface area contributed by atoms with E-state index in [-0.39, 0.29) is 0 Å². The zero-order valence-corrected chi connectivity index (χ0v) is 15.7. The molecular weight excluding hydrogens is 334 g/mol. The van der Waals surface area contributed by atoms with E-state index < -0.39 is 0 Å². The summed E-state index contributed by atoms with van der Waals surface area (Å²) in [6.45, 7) is 0. The Labute approximate surface area is 158 Å². The fraction of sp³-hybridized carbons (Fsp3) is 0.130. The highest BCUT2D eigenvalue weighted by atomic mass is 16.1. The van der Waals surface area contributed by atoms with Crippen LogP contribution in [0.1, 0.15) is 10.4 Å². The molecule has 0 atom stereocenters. The van der Waals surface area contributed by atoms with E-state index in [0.717, 1.165) is 45.3 Å². The molecule has 0 amide bonds. The highest BCUT2D eigenvalue weighted by Gasteiger charge is 2.18. The summed E-state index contributed by atoms with van der Waals surface area (Å²) in [6.07, 6.45) is 0.862. The van der Waals surface area contributed by atoms with Crippen molar-refractivity contribution >= 4 is 22.9 Å². The van der Waals surface area contributed by atoms with E-state index in [0.29, 0.717) is 10.9 Å². The number of carbonyl (C=O) groups is 1. The van der Waals surface area contributed by atoms with Crippen LogP contribution >= 0.6 is 0 Å². The maximum Gasteiger partial charge on any atom is 0.150 e. The van der Waals surface area contributed by atoms with Crippen LogP contribution in [-0.4, -0.2) is 24.9 Å². The molecule has 0 unspecified atom stereocenters. The van der Waals surface area contributed by atoms with E-state index in [4.69, 9.17) is 5.41 Å². The van der Waals surface area contributed by atoms with Crippen LogP contribution in [-0.2, 0) is 7.05 Å². The van der Waals surface area contributed by atoms with Gasteiger partial charge in [0.1, 0.15) is 6.29 Å². The molecule has 2 aliphatic rings. The van der Waals surface area contributed by atoms with Crippen molar-refractivity contribution in [3.8, 4) is 22.4 Å². The fourth-order valence-corrected chi connectivity index (χ4v) is 3.62. The second-order valence-electron chi connectivity index (χ2n) is 7.00. The lowest BCUT2D eigenvalue weighted by atomic mass is 9.91. The van der Waals surface area contributed by atoms with Crippen LogP contribution in [0.5, 0.6) is 0 Å². The zero-order valence-electron chi connectivity index (χ0n) is 15.7. The van der Waals surface area contributed by atoms with Gasteiger partial charge in [0.15, 0.2) is 0 Å². The van der Waals surface area contributed by atoms with Crippen LogP contribution in [0.15, 0.2) is 60.7 Å². The Kier molecular flexibility index (Phi) is 4.04. The Balaban J connectivity index is 2.15. The Morgan fingerprint density at radius 1 is 0.963 bits per heavy atom. The average molecular weight is 355 g/mol. The molecule has 1 aliphatic carbocycles. The number of aldehydes is 1. The number of aryl methyl sites for hydroxylation is 1. The molecule has 27 heavy (non-hydrogen) atoms. The van der Waals surface area contributed by atoms with E-state index in [9.17, 15) is 4.79 Å². The first-order chi connectivity index (χ1) is 13.0. The second-order valence-corrected chi connectivity index (χ2v) is 7.00. The van der Waals surface area contributed by atoms with Crippen molar-refractivity contribution in [3.05, 3.63) is 71.6 Å². The van der Waals surface area contributed by atoms with Crippen molar-refractivity contribution in [3.63, 3.8) is 0 Å². The maximum atomic E-state index is 11.0. The van der Waals surface area contributed by atoms with Crippen molar-refractivity contribution in [2.24, 2.45) is 7.05 Å². The second kappa shape index (κ2) is 6.40. The van der Waals surface area contributed by atoms with Crippen molar-refractivity contribution in [2.75, 3.05) is 19.0 Å². The van der Waals surface area contributed by atoms with Crippen LogP contribution in [0.3, 0.4) is 0 Å². The van der Waals surface area contributed by atoms with Gasteiger partial charge in [-0.05, 0) is 29.8 Å². The average Bonchev–Trinajstić information content (AvgIpc) is 2.68. The van der Waals surface area contributed by atoms with Gasteiger partial charge < -0.3 is 14.9 Å². The molecule has 4 rings (SSSR count). The standard InChI is InChI=1S/C23H21N3O/c1-25(2)18-9-11-20-22(13-18)26(3)21-12-17(24)8-10-19(21)23(20)16-6-4-15(14-27)5-7-16/h4-14,24H,1-3H3. The number of benzene rings is 3. The Morgan fingerprint density at radius 3 is 2.37 bits per heavy atom. The minimum Gasteiger partial charge on any atom is -0.378 e. The van der Waals surface area contributed by atoms with Gasteiger partial charge in [-0.2, -0.15) is 0 Å².